The molecule has 2 aliphatic rings. The van der Waals surface area contributed by atoms with Crippen LogP contribution in [0, 0.1) is 5.82 Å². The van der Waals surface area contributed by atoms with Crippen molar-refractivity contribution in [2.45, 2.75) is 43.4 Å². The molecule has 0 atom stereocenters. The van der Waals surface area contributed by atoms with Crippen molar-refractivity contribution in [3.63, 3.8) is 0 Å². The lowest BCUT2D eigenvalue weighted by atomic mass is 9.75. The van der Waals surface area contributed by atoms with Crippen molar-refractivity contribution in [1.29, 1.82) is 0 Å². The lowest BCUT2D eigenvalue weighted by molar-refractivity contribution is -0.223. The number of alkyl halides is 3. The number of amides is 1. The Balaban J connectivity index is 1.28. The van der Waals surface area contributed by atoms with Gasteiger partial charge in [-0.05, 0) is 37.0 Å². The molecule has 1 amide bonds. The molecule has 1 aliphatic carbocycles. The van der Waals surface area contributed by atoms with Gasteiger partial charge in [-0.15, -0.1) is 0 Å². The summed E-state index contributed by atoms with van der Waals surface area (Å²) >= 11 is 0. The number of carbonyl (C=O) groups excluding carboxylic acids is 1. The van der Waals surface area contributed by atoms with E-state index in [9.17, 15) is 22.4 Å². The van der Waals surface area contributed by atoms with Crippen molar-refractivity contribution in [2.75, 3.05) is 13.1 Å². The van der Waals surface area contributed by atoms with Crippen LogP contribution in [0.15, 0.2) is 48.7 Å². The van der Waals surface area contributed by atoms with E-state index in [1.54, 1.807) is 12.3 Å². The van der Waals surface area contributed by atoms with Gasteiger partial charge in [0.15, 0.2) is 0 Å². The first-order valence-corrected chi connectivity index (χ1v) is 10.9. The molecular formula is C24H22F4N4O. The molecule has 3 aromatic rings. The van der Waals surface area contributed by atoms with Crippen LogP contribution in [0.1, 0.15) is 40.9 Å². The molecule has 0 spiro atoms. The van der Waals surface area contributed by atoms with Crippen molar-refractivity contribution in [1.82, 2.24) is 20.4 Å². The highest BCUT2D eigenvalue weighted by Crippen LogP contribution is 2.45. The molecule has 2 aromatic carbocycles. The molecule has 1 N–H and O–H groups in total. The Labute approximate surface area is 187 Å². The van der Waals surface area contributed by atoms with Gasteiger partial charge in [-0.1, -0.05) is 30.3 Å². The predicted molar refractivity (Wildman–Crippen MR) is 114 cm³/mol. The van der Waals surface area contributed by atoms with Gasteiger partial charge in [0.05, 0.1) is 17.5 Å². The van der Waals surface area contributed by atoms with E-state index in [1.165, 1.54) is 17.0 Å². The molecule has 2 fully saturated rings. The average molecular weight is 458 g/mol. The second kappa shape index (κ2) is 8.06. The monoisotopic (exact) mass is 458 g/mol. The molecule has 5 nitrogen and oxygen atoms in total. The zero-order chi connectivity index (χ0) is 23.2. The highest BCUT2D eigenvalue weighted by molar-refractivity contribution is 5.95. The zero-order valence-electron chi connectivity index (χ0n) is 17.7. The van der Waals surface area contributed by atoms with Crippen molar-refractivity contribution in [3.8, 4) is 0 Å². The first kappa shape index (κ1) is 21.8. The third kappa shape index (κ3) is 3.94. The molecular weight excluding hydrogens is 436 g/mol. The second-order valence-corrected chi connectivity index (χ2v) is 8.85. The minimum atomic E-state index is -4.32. The first-order chi connectivity index (χ1) is 15.8. The summed E-state index contributed by atoms with van der Waals surface area (Å²) in [7, 11) is 0. The van der Waals surface area contributed by atoms with Crippen LogP contribution in [0.5, 0.6) is 0 Å². The molecule has 1 aliphatic heterocycles. The largest absolute Gasteiger partial charge is 0.406 e. The number of benzene rings is 2. The highest BCUT2D eigenvalue weighted by atomic mass is 19.4. The smallest absolute Gasteiger partial charge is 0.335 e. The van der Waals surface area contributed by atoms with Gasteiger partial charge in [-0.3, -0.25) is 10.1 Å². The van der Waals surface area contributed by atoms with Crippen LogP contribution in [-0.4, -0.2) is 51.9 Å². The molecule has 0 radical (unpaired) electrons. The summed E-state index contributed by atoms with van der Waals surface area (Å²) in [5.41, 5.74) is -0.527. The lowest BCUT2D eigenvalue weighted by Gasteiger charge is -2.50. The third-order valence-corrected chi connectivity index (χ3v) is 6.68. The molecule has 0 bridgehead atoms. The summed E-state index contributed by atoms with van der Waals surface area (Å²) < 4.78 is 54.6. The number of rotatable bonds is 5. The van der Waals surface area contributed by atoms with E-state index in [2.05, 4.69) is 15.5 Å². The van der Waals surface area contributed by atoms with Crippen LogP contribution in [0.25, 0.3) is 10.8 Å². The van der Waals surface area contributed by atoms with Crippen molar-refractivity contribution in [3.05, 3.63) is 71.3 Å². The number of hydrogen-bond donors (Lipinski definition) is 1. The summed E-state index contributed by atoms with van der Waals surface area (Å²) in [6, 6.07) is 11.5. The molecule has 172 valence electrons. The van der Waals surface area contributed by atoms with E-state index >= 15 is 0 Å². The second-order valence-electron chi connectivity index (χ2n) is 8.85. The summed E-state index contributed by atoms with van der Waals surface area (Å²) in [5.74, 6) is -1.18. The molecule has 1 aromatic heterocycles. The van der Waals surface area contributed by atoms with E-state index in [-0.39, 0.29) is 31.5 Å². The normalized spacial score (nSPS) is 18.1. The fraction of sp³-hybridized carbons (Fsp3) is 0.375. The molecule has 5 rings (SSSR count). The summed E-state index contributed by atoms with van der Waals surface area (Å²) in [4.78, 5) is 14.2. The Morgan fingerprint density at radius 1 is 1.15 bits per heavy atom. The zero-order valence-corrected chi connectivity index (χ0v) is 17.7. The number of carbonyl (C=O) groups is 1. The number of hydrogen-bond acceptors (Lipinski definition) is 4. The quantitative estimate of drug-likeness (QED) is 0.581. The summed E-state index contributed by atoms with van der Waals surface area (Å²) in [5, 5.41) is 12.8. The van der Waals surface area contributed by atoms with Crippen LogP contribution < -0.4 is 5.32 Å². The van der Waals surface area contributed by atoms with Gasteiger partial charge in [0.25, 0.3) is 5.91 Å². The van der Waals surface area contributed by atoms with E-state index in [1.807, 2.05) is 24.3 Å². The lowest BCUT2D eigenvalue weighted by Crippen LogP contribution is -2.71. The fourth-order valence-electron chi connectivity index (χ4n) is 4.59. The average Bonchev–Trinajstić information content (AvgIpc) is 2.72. The molecule has 2 heterocycles. The number of aromatic nitrogens is 2. The van der Waals surface area contributed by atoms with Crippen LogP contribution >= 0.6 is 0 Å². The van der Waals surface area contributed by atoms with Crippen molar-refractivity contribution < 1.29 is 22.4 Å². The topological polar surface area (TPSA) is 58.1 Å². The number of likely N-dealkylation sites (tertiary alicyclic amines) is 1. The van der Waals surface area contributed by atoms with Gasteiger partial charge in [0, 0.05) is 36.3 Å². The fourth-order valence-corrected chi connectivity index (χ4v) is 4.59. The first-order valence-electron chi connectivity index (χ1n) is 10.9. The maximum atomic E-state index is 14.5. The van der Waals surface area contributed by atoms with E-state index in [0.29, 0.717) is 24.1 Å². The molecule has 1 saturated carbocycles. The predicted octanol–water partition coefficient (Wildman–Crippen LogP) is 4.26. The van der Waals surface area contributed by atoms with Gasteiger partial charge < -0.3 is 4.90 Å². The molecule has 1 saturated heterocycles. The number of nitrogens with one attached hydrogen (secondary N) is 1. The van der Waals surface area contributed by atoms with Crippen LogP contribution in [0.3, 0.4) is 0 Å². The number of fused-ring (bicyclic) bond motifs is 1. The Hall–Kier alpha value is -3.07. The Bertz CT molecular complexity index is 1200. The van der Waals surface area contributed by atoms with Gasteiger partial charge in [0.1, 0.15) is 11.4 Å². The SMILES string of the molecule is O=C(c1cc(Cc2nncc3ccccc23)ccc1F)N1CC(NC2(C(F)(F)F)CCC2)C1. The number of nitrogens with zero attached hydrogens (tertiary/aromatic N) is 3. The van der Waals surface area contributed by atoms with Gasteiger partial charge in [-0.2, -0.15) is 23.4 Å². The highest BCUT2D eigenvalue weighted by Gasteiger charge is 2.59. The number of halogens is 4. The Morgan fingerprint density at radius 3 is 2.61 bits per heavy atom. The van der Waals surface area contributed by atoms with Crippen molar-refractivity contribution in [2.24, 2.45) is 0 Å². The van der Waals surface area contributed by atoms with E-state index in [0.717, 1.165) is 10.8 Å². The Kier molecular flexibility index (Phi) is 5.31. The van der Waals surface area contributed by atoms with Crippen molar-refractivity contribution >= 4 is 16.7 Å². The van der Waals surface area contributed by atoms with Gasteiger partial charge >= 0.3 is 6.18 Å². The maximum Gasteiger partial charge on any atom is 0.406 e. The minimum Gasteiger partial charge on any atom is -0.335 e. The van der Waals surface area contributed by atoms with Crippen LogP contribution in [0.4, 0.5) is 17.6 Å². The van der Waals surface area contributed by atoms with Crippen LogP contribution in [0.2, 0.25) is 0 Å². The third-order valence-electron chi connectivity index (χ3n) is 6.68. The van der Waals surface area contributed by atoms with E-state index < -0.39 is 29.5 Å². The molecule has 9 heteroatoms. The maximum absolute atomic E-state index is 14.5. The van der Waals surface area contributed by atoms with Crippen LogP contribution in [-0.2, 0) is 6.42 Å². The molecule has 0 unspecified atom stereocenters. The summed E-state index contributed by atoms with van der Waals surface area (Å²) in [6.07, 6.45) is -1.66. The summed E-state index contributed by atoms with van der Waals surface area (Å²) in [6.45, 7) is 0.240. The standard InChI is InChI=1S/C24H22F4N4O/c25-20-7-6-15(11-21-18-5-2-1-4-16(18)12-29-31-21)10-19(20)22(33)32-13-17(14-32)30-23(8-3-9-23)24(26,27)28/h1-2,4-7,10,12,17,30H,3,8-9,11,13-14H2. The van der Waals surface area contributed by atoms with Gasteiger partial charge in [0.2, 0.25) is 0 Å². The Morgan fingerprint density at radius 2 is 1.91 bits per heavy atom. The minimum absolute atomic E-state index is 0.0503. The van der Waals surface area contributed by atoms with E-state index in [4.69, 9.17) is 0 Å². The molecule has 33 heavy (non-hydrogen) atoms. The van der Waals surface area contributed by atoms with Gasteiger partial charge in [-0.25, -0.2) is 4.39 Å².